The van der Waals surface area contributed by atoms with Gasteiger partial charge in [-0.05, 0) is 65.3 Å². The van der Waals surface area contributed by atoms with Crippen molar-refractivity contribution in [3.8, 4) is 0 Å². The Morgan fingerprint density at radius 2 is 1.92 bits per heavy atom. The van der Waals surface area contributed by atoms with E-state index in [2.05, 4.69) is 42.1 Å². The molecule has 0 aromatic heterocycles. The third kappa shape index (κ3) is 7.28. The van der Waals surface area contributed by atoms with Crippen LogP contribution in [0.4, 0.5) is 0 Å². The van der Waals surface area contributed by atoms with E-state index >= 15 is 0 Å². The van der Waals surface area contributed by atoms with Crippen LogP contribution in [0.2, 0.25) is 0 Å². The topological polar surface area (TPSA) is 30.9 Å². The Balaban J connectivity index is 0.00000288. The van der Waals surface area contributed by atoms with Crippen molar-refractivity contribution in [2.75, 3.05) is 52.1 Å². The summed E-state index contributed by atoms with van der Waals surface area (Å²) < 4.78 is 0.216. The van der Waals surface area contributed by atoms with Gasteiger partial charge in [0, 0.05) is 30.9 Å². The maximum atomic E-state index is 4.92. The van der Waals surface area contributed by atoms with Crippen LogP contribution in [0.25, 0.3) is 0 Å². The predicted octanol–water partition coefficient (Wildman–Crippen LogP) is 3.52. The first-order valence-corrected chi connectivity index (χ1v) is 10.6. The third-order valence-electron chi connectivity index (χ3n) is 5.05. The Morgan fingerprint density at radius 1 is 1.21 bits per heavy atom. The second kappa shape index (κ2) is 11.1. The van der Waals surface area contributed by atoms with Crippen molar-refractivity contribution in [2.24, 2.45) is 10.9 Å². The van der Waals surface area contributed by atoms with Gasteiger partial charge < -0.3 is 15.1 Å². The lowest BCUT2D eigenvalue weighted by molar-refractivity contribution is 0.198. The number of thioether (sulfide) groups is 1. The van der Waals surface area contributed by atoms with Crippen LogP contribution in [0, 0.1) is 5.92 Å². The molecule has 0 amide bonds. The fourth-order valence-electron chi connectivity index (χ4n) is 3.44. The van der Waals surface area contributed by atoms with Gasteiger partial charge >= 0.3 is 0 Å². The van der Waals surface area contributed by atoms with E-state index in [1.54, 1.807) is 0 Å². The average molecular weight is 468 g/mol. The molecule has 142 valence electrons. The maximum Gasteiger partial charge on any atom is 0.193 e. The Hall–Kier alpha value is 0.310. The molecule has 2 saturated heterocycles. The Bertz CT molecular complexity index is 383. The van der Waals surface area contributed by atoms with Crippen molar-refractivity contribution < 1.29 is 0 Å². The highest BCUT2D eigenvalue weighted by Gasteiger charge is 2.27. The van der Waals surface area contributed by atoms with Gasteiger partial charge in [-0.3, -0.25) is 4.99 Å². The van der Waals surface area contributed by atoms with Gasteiger partial charge in [-0.25, -0.2) is 0 Å². The average Bonchev–Trinajstić information content (AvgIpc) is 3.01. The van der Waals surface area contributed by atoms with E-state index in [0.29, 0.717) is 0 Å². The number of aliphatic imine (C=N–C) groups is 1. The Kier molecular flexibility index (Phi) is 10.4. The molecule has 0 aromatic rings. The van der Waals surface area contributed by atoms with Crippen molar-refractivity contribution in [1.29, 1.82) is 0 Å². The maximum absolute atomic E-state index is 4.92. The number of rotatable bonds is 6. The first-order valence-electron chi connectivity index (χ1n) is 9.35. The molecule has 24 heavy (non-hydrogen) atoms. The summed E-state index contributed by atoms with van der Waals surface area (Å²) in [6, 6.07) is 0. The molecule has 2 aliphatic rings. The van der Waals surface area contributed by atoms with Crippen molar-refractivity contribution in [3.63, 3.8) is 0 Å². The molecule has 0 aliphatic carbocycles. The summed E-state index contributed by atoms with van der Waals surface area (Å²) in [5.41, 5.74) is 0. The number of hydrogen-bond donors (Lipinski definition) is 1. The van der Waals surface area contributed by atoms with E-state index in [0.717, 1.165) is 31.5 Å². The molecular formula is C18H37IN4S. The zero-order valence-electron chi connectivity index (χ0n) is 16.0. The molecule has 0 bridgehead atoms. The lowest BCUT2D eigenvalue weighted by Gasteiger charge is -2.29. The van der Waals surface area contributed by atoms with Crippen LogP contribution in [0.1, 0.15) is 46.5 Å². The van der Waals surface area contributed by atoms with E-state index in [4.69, 9.17) is 4.99 Å². The van der Waals surface area contributed by atoms with Crippen LogP contribution in [-0.4, -0.2) is 72.6 Å². The molecular weight excluding hydrogens is 431 g/mol. The molecule has 1 N–H and O–H groups in total. The van der Waals surface area contributed by atoms with Crippen molar-refractivity contribution in [1.82, 2.24) is 15.1 Å². The number of piperidine rings is 1. The van der Waals surface area contributed by atoms with Gasteiger partial charge in [0.25, 0.3) is 0 Å². The summed E-state index contributed by atoms with van der Waals surface area (Å²) in [6.45, 7) is 14.8. The molecule has 1 atom stereocenters. The molecule has 0 aromatic carbocycles. The summed E-state index contributed by atoms with van der Waals surface area (Å²) >= 11 is 1.89. The molecule has 0 saturated carbocycles. The lowest BCUT2D eigenvalue weighted by atomic mass is 10.1. The van der Waals surface area contributed by atoms with Crippen molar-refractivity contribution in [2.45, 2.75) is 51.2 Å². The smallest absolute Gasteiger partial charge is 0.193 e. The first kappa shape index (κ1) is 22.4. The summed E-state index contributed by atoms with van der Waals surface area (Å²) in [7, 11) is 0. The molecule has 2 heterocycles. The zero-order valence-corrected chi connectivity index (χ0v) is 19.2. The highest BCUT2D eigenvalue weighted by Crippen LogP contribution is 2.23. The van der Waals surface area contributed by atoms with Crippen LogP contribution in [0.15, 0.2) is 4.99 Å². The van der Waals surface area contributed by atoms with E-state index in [1.165, 1.54) is 51.9 Å². The van der Waals surface area contributed by atoms with Gasteiger partial charge in [-0.1, -0.05) is 6.42 Å². The molecule has 2 fully saturated rings. The Labute approximate surface area is 170 Å². The second-order valence-corrected chi connectivity index (χ2v) is 9.11. The van der Waals surface area contributed by atoms with Gasteiger partial charge in [0.1, 0.15) is 0 Å². The highest BCUT2D eigenvalue weighted by atomic mass is 127. The molecule has 2 rings (SSSR count). The molecule has 4 nitrogen and oxygen atoms in total. The zero-order chi connectivity index (χ0) is 16.7. The first-order chi connectivity index (χ1) is 11.0. The SMILES string of the molecule is CCNC(=NCC(C)(C)SC)N1CCC(CN2CCCCC2)C1.I. The summed E-state index contributed by atoms with van der Waals surface area (Å²) in [5.74, 6) is 1.93. The molecule has 2 aliphatic heterocycles. The van der Waals surface area contributed by atoms with E-state index in [-0.39, 0.29) is 28.7 Å². The predicted molar refractivity (Wildman–Crippen MR) is 119 cm³/mol. The Morgan fingerprint density at radius 3 is 2.54 bits per heavy atom. The van der Waals surface area contributed by atoms with Crippen molar-refractivity contribution in [3.05, 3.63) is 0 Å². The summed E-state index contributed by atoms with van der Waals surface area (Å²) in [4.78, 5) is 10.1. The van der Waals surface area contributed by atoms with Gasteiger partial charge in [0.05, 0.1) is 6.54 Å². The molecule has 0 radical (unpaired) electrons. The largest absolute Gasteiger partial charge is 0.357 e. The minimum Gasteiger partial charge on any atom is -0.357 e. The second-order valence-electron chi connectivity index (χ2n) is 7.60. The van der Waals surface area contributed by atoms with Gasteiger partial charge in [0.15, 0.2) is 5.96 Å². The minimum atomic E-state index is 0. The van der Waals surface area contributed by atoms with Gasteiger partial charge in [-0.15, -0.1) is 24.0 Å². The van der Waals surface area contributed by atoms with Crippen LogP contribution in [0.3, 0.4) is 0 Å². The van der Waals surface area contributed by atoms with Crippen LogP contribution >= 0.6 is 35.7 Å². The highest BCUT2D eigenvalue weighted by molar-refractivity contribution is 14.0. The van der Waals surface area contributed by atoms with E-state index in [9.17, 15) is 0 Å². The standard InChI is InChI=1S/C18H36N4S.HI/c1-5-19-17(20-15-18(2,3)23-4)22-12-9-16(14-22)13-21-10-7-6-8-11-21;/h16H,5-15H2,1-4H3,(H,19,20);1H. The fourth-order valence-corrected chi connectivity index (χ4v) is 3.63. The molecule has 6 heteroatoms. The summed E-state index contributed by atoms with van der Waals surface area (Å²) in [5, 5.41) is 3.50. The van der Waals surface area contributed by atoms with Gasteiger partial charge in [0.2, 0.25) is 0 Å². The monoisotopic (exact) mass is 468 g/mol. The quantitative estimate of drug-likeness (QED) is 0.367. The third-order valence-corrected chi connectivity index (χ3v) is 6.28. The normalized spacial score (nSPS) is 23.2. The number of halogens is 1. The number of likely N-dealkylation sites (tertiary alicyclic amines) is 2. The van der Waals surface area contributed by atoms with E-state index < -0.39 is 0 Å². The number of nitrogens with zero attached hydrogens (tertiary/aromatic N) is 3. The van der Waals surface area contributed by atoms with Crippen LogP contribution in [-0.2, 0) is 0 Å². The molecule has 0 spiro atoms. The summed E-state index contributed by atoms with van der Waals surface area (Å²) in [6.07, 6.45) is 7.70. The van der Waals surface area contributed by atoms with Gasteiger partial charge in [-0.2, -0.15) is 11.8 Å². The number of nitrogens with one attached hydrogen (secondary N) is 1. The number of hydrogen-bond acceptors (Lipinski definition) is 3. The lowest BCUT2D eigenvalue weighted by Crippen LogP contribution is -2.42. The van der Waals surface area contributed by atoms with Crippen LogP contribution < -0.4 is 5.32 Å². The minimum absolute atomic E-state index is 0. The van der Waals surface area contributed by atoms with Crippen molar-refractivity contribution >= 4 is 41.7 Å². The van der Waals surface area contributed by atoms with E-state index in [1.807, 2.05) is 11.8 Å². The molecule has 1 unspecified atom stereocenters. The van der Waals surface area contributed by atoms with Crippen LogP contribution in [0.5, 0.6) is 0 Å². The number of guanidine groups is 1. The fraction of sp³-hybridized carbons (Fsp3) is 0.944.